The monoisotopic (exact) mass is 293 g/mol. The van der Waals surface area contributed by atoms with Crippen molar-refractivity contribution in [3.8, 4) is 0 Å². The number of rotatable bonds is 5. The van der Waals surface area contributed by atoms with Crippen LogP contribution in [0.5, 0.6) is 0 Å². The van der Waals surface area contributed by atoms with Gasteiger partial charge in [0.2, 0.25) is 0 Å². The summed E-state index contributed by atoms with van der Waals surface area (Å²) in [5.41, 5.74) is 2.45. The molecule has 0 amide bonds. The molecule has 1 nitrogen and oxygen atoms in total. The van der Waals surface area contributed by atoms with Gasteiger partial charge in [-0.05, 0) is 43.3 Å². The van der Waals surface area contributed by atoms with Crippen molar-refractivity contribution in [3.05, 3.63) is 65.2 Å². The summed E-state index contributed by atoms with van der Waals surface area (Å²) in [4.78, 5) is 0.734. The van der Waals surface area contributed by atoms with Crippen LogP contribution in [0.25, 0.3) is 0 Å². The molecule has 1 atom stereocenters. The maximum atomic E-state index is 13.2. The first-order valence-corrected chi connectivity index (χ1v) is 7.41. The topological polar surface area (TPSA) is 12.0 Å². The van der Waals surface area contributed by atoms with Gasteiger partial charge in [-0.15, -0.1) is 11.8 Å². The van der Waals surface area contributed by atoms with Crippen molar-refractivity contribution in [2.75, 3.05) is 12.8 Å². The van der Waals surface area contributed by atoms with Gasteiger partial charge in [-0.3, -0.25) is 0 Å². The summed E-state index contributed by atoms with van der Waals surface area (Å²) >= 11 is 1.51. The third-order valence-electron chi connectivity index (χ3n) is 3.22. The fourth-order valence-corrected chi connectivity index (χ4v) is 3.11. The number of thioether (sulfide) groups is 1. The summed E-state index contributed by atoms with van der Waals surface area (Å²) in [6.45, 7) is 2.07. The van der Waals surface area contributed by atoms with E-state index in [2.05, 4.69) is 24.4 Å². The SMILES string of the molecule is CNC(CSc1ccc(F)c(F)c1)c1ccccc1C. The van der Waals surface area contributed by atoms with E-state index in [9.17, 15) is 8.78 Å². The maximum Gasteiger partial charge on any atom is 0.159 e. The highest BCUT2D eigenvalue weighted by Crippen LogP contribution is 2.27. The Morgan fingerprint density at radius 2 is 1.85 bits per heavy atom. The molecule has 0 spiro atoms. The first-order chi connectivity index (χ1) is 9.61. The summed E-state index contributed by atoms with van der Waals surface area (Å²) in [6, 6.07) is 12.4. The lowest BCUT2D eigenvalue weighted by Crippen LogP contribution is -2.19. The zero-order valence-electron chi connectivity index (χ0n) is 11.5. The molecule has 1 unspecified atom stereocenters. The number of hydrogen-bond donors (Lipinski definition) is 1. The Kier molecular flexibility index (Phi) is 5.15. The van der Waals surface area contributed by atoms with Crippen LogP contribution in [0.4, 0.5) is 8.78 Å². The van der Waals surface area contributed by atoms with Gasteiger partial charge in [0.1, 0.15) is 0 Å². The fourth-order valence-electron chi connectivity index (χ4n) is 2.05. The van der Waals surface area contributed by atoms with Gasteiger partial charge in [-0.1, -0.05) is 24.3 Å². The molecule has 0 aliphatic carbocycles. The first kappa shape index (κ1) is 15.0. The van der Waals surface area contributed by atoms with Gasteiger partial charge in [0.05, 0.1) is 0 Å². The minimum Gasteiger partial charge on any atom is -0.312 e. The Morgan fingerprint density at radius 1 is 1.10 bits per heavy atom. The molecule has 0 fully saturated rings. The molecule has 2 aromatic rings. The minimum absolute atomic E-state index is 0.175. The second-order valence-electron chi connectivity index (χ2n) is 4.58. The van der Waals surface area contributed by atoms with Gasteiger partial charge in [0.15, 0.2) is 11.6 Å². The van der Waals surface area contributed by atoms with E-state index >= 15 is 0 Å². The second-order valence-corrected chi connectivity index (χ2v) is 5.68. The van der Waals surface area contributed by atoms with Gasteiger partial charge in [0.25, 0.3) is 0 Å². The number of hydrogen-bond acceptors (Lipinski definition) is 2. The summed E-state index contributed by atoms with van der Waals surface area (Å²) in [7, 11) is 1.91. The minimum atomic E-state index is -0.807. The van der Waals surface area contributed by atoms with Crippen LogP contribution >= 0.6 is 11.8 Å². The van der Waals surface area contributed by atoms with E-state index in [1.807, 2.05) is 19.2 Å². The van der Waals surface area contributed by atoms with Crippen molar-refractivity contribution in [1.29, 1.82) is 0 Å². The summed E-state index contributed by atoms with van der Waals surface area (Å²) in [5.74, 6) is -0.850. The Morgan fingerprint density at radius 3 is 2.50 bits per heavy atom. The molecule has 0 saturated heterocycles. The largest absolute Gasteiger partial charge is 0.312 e. The third-order valence-corrected chi connectivity index (χ3v) is 4.31. The number of nitrogens with one attached hydrogen (secondary N) is 1. The number of benzene rings is 2. The second kappa shape index (κ2) is 6.86. The molecule has 106 valence electrons. The quantitative estimate of drug-likeness (QED) is 0.824. The van der Waals surface area contributed by atoms with Gasteiger partial charge < -0.3 is 5.32 Å². The molecule has 0 saturated carbocycles. The maximum absolute atomic E-state index is 13.2. The lowest BCUT2D eigenvalue weighted by molar-refractivity contribution is 0.506. The highest BCUT2D eigenvalue weighted by Gasteiger charge is 2.12. The van der Waals surface area contributed by atoms with Crippen molar-refractivity contribution < 1.29 is 8.78 Å². The van der Waals surface area contributed by atoms with Gasteiger partial charge >= 0.3 is 0 Å². The van der Waals surface area contributed by atoms with Gasteiger partial charge in [-0.25, -0.2) is 8.78 Å². The average molecular weight is 293 g/mol. The predicted molar refractivity (Wildman–Crippen MR) is 80.1 cm³/mol. The van der Waals surface area contributed by atoms with Crippen LogP contribution in [-0.4, -0.2) is 12.8 Å². The molecule has 0 radical (unpaired) electrons. The molecule has 2 rings (SSSR count). The van der Waals surface area contributed by atoms with Crippen molar-refractivity contribution in [1.82, 2.24) is 5.32 Å². The van der Waals surface area contributed by atoms with E-state index in [-0.39, 0.29) is 6.04 Å². The molecular weight excluding hydrogens is 276 g/mol. The Labute approximate surface area is 122 Å². The van der Waals surface area contributed by atoms with Crippen LogP contribution in [0.3, 0.4) is 0 Å². The standard InChI is InChI=1S/C16H17F2NS/c1-11-5-3-4-6-13(11)16(19-2)10-20-12-7-8-14(17)15(18)9-12/h3-9,16,19H,10H2,1-2H3. The Balaban J connectivity index is 2.08. The van der Waals surface area contributed by atoms with E-state index in [0.29, 0.717) is 0 Å². The van der Waals surface area contributed by atoms with Crippen molar-refractivity contribution in [2.24, 2.45) is 0 Å². The van der Waals surface area contributed by atoms with Crippen LogP contribution in [0, 0.1) is 18.6 Å². The van der Waals surface area contributed by atoms with E-state index < -0.39 is 11.6 Å². The van der Waals surface area contributed by atoms with Crippen LogP contribution in [0.1, 0.15) is 17.2 Å². The van der Waals surface area contributed by atoms with Crippen LogP contribution in [0.15, 0.2) is 47.4 Å². The molecule has 2 aromatic carbocycles. The molecular formula is C16H17F2NS. The predicted octanol–water partition coefficient (Wildman–Crippen LogP) is 4.33. The molecule has 4 heteroatoms. The molecule has 0 bridgehead atoms. The van der Waals surface area contributed by atoms with E-state index in [1.165, 1.54) is 35.0 Å². The van der Waals surface area contributed by atoms with Crippen molar-refractivity contribution in [3.63, 3.8) is 0 Å². The fraction of sp³-hybridized carbons (Fsp3) is 0.250. The lowest BCUT2D eigenvalue weighted by atomic mass is 10.0. The van der Waals surface area contributed by atoms with Crippen LogP contribution < -0.4 is 5.32 Å². The van der Waals surface area contributed by atoms with Gasteiger partial charge in [0, 0.05) is 16.7 Å². The van der Waals surface area contributed by atoms with Crippen LogP contribution in [0.2, 0.25) is 0 Å². The molecule has 1 N–H and O–H groups in total. The molecule has 0 aliphatic heterocycles. The number of halogens is 2. The molecule has 20 heavy (non-hydrogen) atoms. The summed E-state index contributed by atoms with van der Waals surface area (Å²) in [5, 5.41) is 3.27. The van der Waals surface area contributed by atoms with Gasteiger partial charge in [-0.2, -0.15) is 0 Å². The highest BCUT2D eigenvalue weighted by atomic mass is 32.2. The Bertz CT molecular complexity index is 586. The molecule has 0 aromatic heterocycles. The third kappa shape index (κ3) is 3.58. The normalized spacial score (nSPS) is 12.4. The van der Waals surface area contributed by atoms with E-state index in [1.54, 1.807) is 6.07 Å². The van der Waals surface area contributed by atoms with E-state index in [4.69, 9.17) is 0 Å². The average Bonchev–Trinajstić information content (AvgIpc) is 2.45. The zero-order valence-corrected chi connectivity index (χ0v) is 12.3. The zero-order chi connectivity index (χ0) is 14.5. The summed E-state index contributed by atoms with van der Waals surface area (Å²) < 4.78 is 26.1. The Hall–Kier alpha value is -1.39. The summed E-state index contributed by atoms with van der Waals surface area (Å²) in [6.07, 6.45) is 0. The van der Waals surface area contributed by atoms with E-state index in [0.717, 1.165) is 10.6 Å². The first-order valence-electron chi connectivity index (χ1n) is 6.42. The molecule has 0 heterocycles. The smallest absolute Gasteiger partial charge is 0.159 e. The number of aryl methyl sites for hydroxylation is 1. The van der Waals surface area contributed by atoms with Crippen molar-refractivity contribution in [2.45, 2.75) is 17.9 Å². The lowest BCUT2D eigenvalue weighted by Gasteiger charge is -2.18. The van der Waals surface area contributed by atoms with Crippen LogP contribution in [-0.2, 0) is 0 Å². The molecule has 0 aliphatic rings. The van der Waals surface area contributed by atoms with Crippen molar-refractivity contribution >= 4 is 11.8 Å². The highest BCUT2D eigenvalue weighted by molar-refractivity contribution is 7.99.